The molecule has 3 aromatic carbocycles. The fourth-order valence-corrected chi connectivity index (χ4v) is 3.39. The molecular formula is C29H28F2N3O4. The van der Waals surface area contributed by atoms with Crippen molar-refractivity contribution < 1.29 is 27.8 Å². The number of carbonyl (C=O) groups is 1. The number of rotatable bonds is 12. The molecule has 0 aliphatic carbocycles. The molecule has 0 saturated carbocycles. The number of nitrogens with zero attached hydrogens (tertiary/aromatic N) is 1. The summed E-state index contributed by atoms with van der Waals surface area (Å²) in [6, 6.07) is 18.2. The summed E-state index contributed by atoms with van der Waals surface area (Å²) in [6.07, 6.45) is 0.0728. The Kier molecular flexibility index (Phi) is 9.66. The minimum atomic E-state index is -3.57. The van der Waals surface area contributed by atoms with E-state index >= 15 is 0 Å². The van der Waals surface area contributed by atoms with Crippen molar-refractivity contribution in [2.45, 2.75) is 24.9 Å². The minimum absolute atomic E-state index is 0.0213. The molecule has 0 aliphatic heterocycles. The highest BCUT2D eigenvalue weighted by molar-refractivity contribution is 5.87. The van der Waals surface area contributed by atoms with Gasteiger partial charge >= 0.3 is 12.1 Å². The van der Waals surface area contributed by atoms with Crippen LogP contribution in [0.15, 0.2) is 72.8 Å². The predicted octanol–water partition coefficient (Wildman–Crippen LogP) is 5.84. The number of esters is 1. The second-order valence-corrected chi connectivity index (χ2v) is 8.37. The van der Waals surface area contributed by atoms with Gasteiger partial charge < -0.3 is 25.7 Å². The average molecular weight is 521 g/mol. The zero-order valence-corrected chi connectivity index (χ0v) is 20.6. The number of hydrogen-bond donors (Lipinski definition) is 2. The highest BCUT2D eigenvalue weighted by Crippen LogP contribution is 2.32. The molecular weight excluding hydrogens is 492 g/mol. The summed E-state index contributed by atoms with van der Waals surface area (Å²) in [5.74, 6) is -0.578. The van der Waals surface area contributed by atoms with Crippen LogP contribution in [0, 0.1) is 18.3 Å². The number of nitriles is 1. The average Bonchev–Trinajstić information content (AvgIpc) is 2.89. The predicted molar refractivity (Wildman–Crippen MR) is 141 cm³/mol. The first-order chi connectivity index (χ1) is 18.2. The van der Waals surface area contributed by atoms with Gasteiger partial charge in [-0.3, -0.25) is 0 Å². The molecule has 1 radical (unpaired) electrons. The van der Waals surface area contributed by atoms with Crippen LogP contribution < -0.4 is 20.9 Å². The maximum Gasteiger partial charge on any atom is 0.426 e. The first kappa shape index (κ1) is 28.0. The monoisotopic (exact) mass is 520 g/mol. The Morgan fingerprint density at radius 3 is 2.39 bits per heavy atom. The second kappa shape index (κ2) is 13.1. The van der Waals surface area contributed by atoms with Crippen molar-refractivity contribution in [1.29, 1.82) is 5.26 Å². The molecule has 38 heavy (non-hydrogen) atoms. The summed E-state index contributed by atoms with van der Waals surface area (Å²) in [4.78, 5) is 12.1. The fraction of sp³-hybridized carbons (Fsp3) is 0.207. The summed E-state index contributed by atoms with van der Waals surface area (Å²) in [7, 11) is 0. The molecule has 0 bridgehead atoms. The highest BCUT2D eigenvalue weighted by atomic mass is 19.3. The molecule has 0 heterocycles. The van der Waals surface area contributed by atoms with Crippen LogP contribution in [0.25, 0.3) is 6.08 Å². The van der Waals surface area contributed by atoms with E-state index < -0.39 is 12.1 Å². The van der Waals surface area contributed by atoms with Crippen LogP contribution in [-0.2, 0) is 15.6 Å². The third-order valence-corrected chi connectivity index (χ3v) is 5.41. The van der Waals surface area contributed by atoms with Gasteiger partial charge in [-0.2, -0.15) is 14.0 Å². The van der Waals surface area contributed by atoms with Crippen LogP contribution in [0.3, 0.4) is 0 Å². The molecule has 0 aromatic heterocycles. The van der Waals surface area contributed by atoms with Gasteiger partial charge in [0.2, 0.25) is 0 Å². The maximum atomic E-state index is 14.6. The quantitative estimate of drug-likeness (QED) is 0.133. The Labute approximate surface area is 220 Å². The molecule has 1 unspecified atom stereocenters. The Morgan fingerprint density at radius 2 is 1.74 bits per heavy atom. The van der Waals surface area contributed by atoms with Gasteiger partial charge in [-0.25, -0.2) is 4.79 Å². The number of nitrogen functional groups attached to an aromatic ring is 2. The second-order valence-electron chi connectivity index (χ2n) is 8.37. The molecule has 197 valence electrons. The van der Waals surface area contributed by atoms with Gasteiger partial charge in [-0.15, -0.1) is 0 Å². The van der Waals surface area contributed by atoms with Crippen LogP contribution in [0.2, 0.25) is 0 Å². The zero-order valence-electron chi connectivity index (χ0n) is 20.6. The van der Waals surface area contributed by atoms with Gasteiger partial charge in [-0.1, -0.05) is 18.2 Å². The lowest BCUT2D eigenvalue weighted by molar-refractivity contribution is -0.185. The molecule has 0 aliphatic rings. The van der Waals surface area contributed by atoms with E-state index in [1.807, 2.05) is 6.07 Å². The van der Waals surface area contributed by atoms with Gasteiger partial charge in [0.15, 0.2) is 0 Å². The Hall–Kier alpha value is -4.58. The van der Waals surface area contributed by atoms with Crippen molar-refractivity contribution >= 4 is 23.4 Å². The number of unbranched alkanes of at least 4 members (excludes halogenated alkanes) is 1. The van der Waals surface area contributed by atoms with Crippen molar-refractivity contribution in [3.8, 4) is 17.6 Å². The summed E-state index contributed by atoms with van der Waals surface area (Å²) < 4.78 is 44.7. The normalized spacial score (nSPS) is 12.1. The smallest absolute Gasteiger partial charge is 0.426 e. The number of carbonyl (C=O) groups excluding carboxylic acids is 1. The van der Waals surface area contributed by atoms with E-state index in [4.69, 9.17) is 30.9 Å². The Morgan fingerprint density at radius 1 is 1.05 bits per heavy atom. The molecule has 3 aromatic rings. The summed E-state index contributed by atoms with van der Waals surface area (Å²) in [5.41, 5.74) is 13.6. The van der Waals surface area contributed by atoms with Gasteiger partial charge in [0.1, 0.15) is 11.5 Å². The van der Waals surface area contributed by atoms with Crippen LogP contribution in [0.5, 0.6) is 11.5 Å². The summed E-state index contributed by atoms with van der Waals surface area (Å²) in [6.45, 7) is 4.31. The molecule has 7 nitrogen and oxygen atoms in total. The third kappa shape index (κ3) is 8.23. The van der Waals surface area contributed by atoms with E-state index in [1.54, 1.807) is 18.2 Å². The fourth-order valence-electron chi connectivity index (χ4n) is 3.39. The molecule has 0 spiro atoms. The van der Waals surface area contributed by atoms with Crippen LogP contribution in [0.4, 0.5) is 20.2 Å². The van der Waals surface area contributed by atoms with E-state index in [-0.39, 0.29) is 23.8 Å². The molecule has 9 heteroatoms. The van der Waals surface area contributed by atoms with Crippen molar-refractivity contribution in [3.63, 3.8) is 0 Å². The van der Waals surface area contributed by atoms with Gasteiger partial charge in [0, 0.05) is 29.8 Å². The molecule has 1 atom stereocenters. The largest absolute Gasteiger partial charge is 0.494 e. The minimum Gasteiger partial charge on any atom is -0.494 e. The highest BCUT2D eigenvalue weighted by Gasteiger charge is 2.34. The van der Waals surface area contributed by atoms with Gasteiger partial charge in [-0.05, 0) is 79.1 Å². The molecule has 0 amide bonds. The number of alkyl halides is 2. The van der Waals surface area contributed by atoms with E-state index in [0.29, 0.717) is 42.1 Å². The molecule has 0 fully saturated rings. The lowest BCUT2D eigenvalue weighted by Crippen LogP contribution is -2.21. The van der Waals surface area contributed by atoms with Gasteiger partial charge in [0.05, 0.1) is 24.8 Å². The number of ether oxygens (including phenoxy) is 3. The van der Waals surface area contributed by atoms with E-state index in [2.05, 4.69) is 6.92 Å². The van der Waals surface area contributed by atoms with Crippen LogP contribution >= 0.6 is 0 Å². The maximum absolute atomic E-state index is 14.6. The number of benzene rings is 3. The topological polar surface area (TPSA) is 121 Å². The van der Waals surface area contributed by atoms with E-state index in [9.17, 15) is 13.6 Å². The van der Waals surface area contributed by atoms with Crippen molar-refractivity contribution in [1.82, 2.24) is 0 Å². The lowest BCUT2D eigenvalue weighted by atomic mass is 10.00. The van der Waals surface area contributed by atoms with Gasteiger partial charge in [0.25, 0.3) is 0 Å². The Bertz CT molecular complexity index is 1290. The summed E-state index contributed by atoms with van der Waals surface area (Å²) in [5, 5.41) is 8.52. The van der Waals surface area contributed by atoms with E-state index in [1.165, 1.54) is 60.7 Å². The van der Waals surface area contributed by atoms with Crippen LogP contribution in [0.1, 0.15) is 35.4 Å². The molecule has 0 saturated heterocycles. The standard InChI is InChI=1S/C29H28F2N3O4/c1-20(26-14-9-23(33)18-27(26)34)19-37-28(35)15-6-21-4-10-25(11-5-21)38-29(30,31)22-7-12-24(13-8-22)36-17-3-2-16-32/h4-15,18,20H,1-3,17,19,33-34H2/b15-6+. The van der Waals surface area contributed by atoms with Crippen LogP contribution in [-0.4, -0.2) is 19.2 Å². The number of nitrogens with two attached hydrogens (primary N) is 2. The lowest BCUT2D eigenvalue weighted by Gasteiger charge is -2.18. The summed E-state index contributed by atoms with van der Waals surface area (Å²) >= 11 is 0. The van der Waals surface area contributed by atoms with Crippen molar-refractivity contribution in [2.24, 2.45) is 0 Å². The number of anilines is 2. The third-order valence-electron chi connectivity index (χ3n) is 5.41. The Balaban J connectivity index is 1.50. The number of hydrogen-bond acceptors (Lipinski definition) is 7. The van der Waals surface area contributed by atoms with Crippen molar-refractivity contribution in [3.05, 3.63) is 96.4 Å². The first-order valence-corrected chi connectivity index (χ1v) is 11.8. The first-order valence-electron chi connectivity index (χ1n) is 11.8. The van der Waals surface area contributed by atoms with E-state index in [0.717, 1.165) is 5.56 Å². The molecule has 3 rings (SSSR count). The van der Waals surface area contributed by atoms with Crippen molar-refractivity contribution in [2.75, 3.05) is 24.7 Å². The zero-order chi connectivity index (χ0) is 27.5. The molecule has 4 N–H and O–H groups in total. The SMILES string of the molecule is [CH2]C(COC(=O)/C=C/c1ccc(OC(F)(F)c2ccc(OCCCC#N)cc2)cc1)c1ccc(N)cc1N. The number of halogens is 2.